The van der Waals surface area contributed by atoms with E-state index in [0.29, 0.717) is 23.8 Å². The lowest BCUT2D eigenvalue weighted by atomic mass is 10.1. The van der Waals surface area contributed by atoms with Gasteiger partial charge < -0.3 is 25.0 Å². The molecule has 1 fully saturated rings. The number of amides is 1. The van der Waals surface area contributed by atoms with Crippen LogP contribution < -0.4 is 15.0 Å². The molecule has 1 saturated heterocycles. The van der Waals surface area contributed by atoms with Crippen LogP contribution in [0.3, 0.4) is 0 Å². The lowest BCUT2D eigenvalue weighted by molar-refractivity contribution is 0.102. The number of aromatic nitrogens is 4. The number of piperidine rings is 1. The Morgan fingerprint density at radius 3 is 2.51 bits per heavy atom. The van der Waals surface area contributed by atoms with E-state index < -0.39 is 0 Å². The maximum atomic E-state index is 13.1. The third-order valence-electron chi connectivity index (χ3n) is 7.10. The van der Waals surface area contributed by atoms with Crippen LogP contribution in [0, 0.1) is 0 Å². The lowest BCUT2D eigenvalue weighted by Crippen LogP contribution is -2.35. The second-order valence-corrected chi connectivity index (χ2v) is 9.74. The zero-order valence-electron chi connectivity index (χ0n) is 21.7. The van der Waals surface area contributed by atoms with Crippen molar-refractivity contribution in [2.75, 3.05) is 30.4 Å². The van der Waals surface area contributed by atoms with E-state index in [0.717, 1.165) is 59.7 Å². The van der Waals surface area contributed by atoms with E-state index in [9.17, 15) is 9.90 Å². The summed E-state index contributed by atoms with van der Waals surface area (Å²) in [5.41, 5.74) is 5.19. The number of carbonyl (C=O) groups is 1. The third kappa shape index (κ3) is 5.35. The number of hydrogen-bond donors (Lipinski definition) is 3. The summed E-state index contributed by atoms with van der Waals surface area (Å²) in [5.74, 6) is 1.67. The Morgan fingerprint density at radius 1 is 1.05 bits per heavy atom. The number of aromatic amines is 1. The predicted molar refractivity (Wildman–Crippen MR) is 151 cm³/mol. The average molecular weight is 523 g/mol. The third-order valence-corrected chi connectivity index (χ3v) is 7.10. The van der Waals surface area contributed by atoms with Gasteiger partial charge in [-0.15, -0.1) is 0 Å². The molecule has 9 heteroatoms. The molecule has 1 amide bonds. The minimum Gasteiger partial charge on any atom is -0.497 e. The highest BCUT2D eigenvalue weighted by atomic mass is 16.5. The minimum atomic E-state index is -0.235. The van der Waals surface area contributed by atoms with Gasteiger partial charge in [0.1, 0.15) is 11.4 Å². The second-order valence-electron chi connectivity index (χ2n) is 9.74. The smallest absolute Gasteiger partial charge is 0.256 e. The number of hydrogen-bond acceptors (Lipinski definition) is 6. The number of nitrogens with one attached hydrogen (secondary N) is 2. The Morgan fingerprint density at radius 2 is 1.79 bits per heavy atom. The number of anilines is 2. The fraction of sp³-hybridized carbons (Fsp3) is 0.233. The van der Waals surface area contributed by atoms with E-state index in [-0.39, 0.29) is 12.0 Å². The fourth-order valence-electron chi connectivity index (χ4n) is 4.90. The number of carbonyl (C=O) groups excluding carboxylic acids is 1. The van der Waals surface area contributed by atoms with Crippen LogP contribution in [0.15, 0.2) is 78.9 Å². The molecule has 0 radical (unpaired) electrons. The highest BCUT2D eigenvalue weighted by molar-refractivity contribution is 6.04. The standard InChI is InChI=1S/C30H30N6O3/c1-39-24-12-6-20(7-13-24)19-36-27(29-31-25-4-2-3-5-26(25)32-29)18-28(34-36)33-30(38)21-8-10-22(11-9-21)35-16-14-23(37)15-17-35/h2-13,18,23,37H,14-17,19H2,1H3,(H,31,32)(H,33,34,38). The van der Waals surface area contributed by atoms with E-state index in [2.05, 4.69) is 15.2 Å². The van der Waals surface area contributed by atoms with Gasteiger partial charge >= 0.3 is 0 Å². The van der Waals surface area contributed by atoms with Crippen molar-refractivity contribution < 1.29 is 14.6 Å². The molecular weight excluding hydrogens is 492 g/mol. The summed E-state index contributed by atoms with van der Waals surface area (Å²) < 4.78 is 7.12. The van der Waals surface area contributed by atoms with Gasteiger partial charge in [0.2, 0.25) is 0 Å². The number of H-pyrrole nitrogens is 1. The first-order valence-corrected chi connectivity index (χ1v) is 13.1. The van der Waals surface area contributed by atoms with Crippen LogP contribution in [0.5, 0.6) is 5.75 Å². The quantitative estimate of drug-likeness (QED) is 0.286. The summed E-state index contributed by atoms with van der Waals surface area (Å²) in [6.45, 7) is 2.11. The number of imidazole rings is 1. The first kappa shape index (κ1) is 24.7. The normalized spacial score (nSPS) is 14.1. The van der Waals surface area contributed by atoms with Crippen molar-refractivity contribution >= 4 is 28.4 Å². The summed E-state index contributed by atoms with van der Waals surface area (Å²) in [6, 6.07) is 25.1. The molecule has 198 valence electrons. The molecule has 0 spiro atoms. The van der Waals surface area contributed by atoms with Gasteiger partial charge in [0, 0.05) is 30.4 Å². The molecule has 0 unspecified atom stereocenters. The average Bonchev–Trinajstić information content (AvgIpc) is 3.57. The molecule has 0 bridgehead atoms. The summed E-state index contributed by atoms with van der Waals surface area (Å²) in [4.78, 5) is 23.5. The monoisotopic (exact) mass is 522 g/mol. The van der Waals surface area contributed by atoms with Gasteiger partial charge in [0.15, 0.2) is 11.6 Å². The molecule has 0 saturated carbocycles. The Bertz CT molecular complexity index is 1550. The Labute approximate surface area is 226 Å². The van der Waals surface area contributed by atoms with Gasteiger partial charge in [0.25, 0.3) is 5.91 Å². The van der Waals surface area contributed by atoms with Crippen LogP contribution >= 0.6 is 0 Å². The molecular formula is C30H30N6O3. The molecule has 1 aliphatic rings. The van der Waals surface area contributed by atoms with Gasteiger partial charge in [-0.05, 0) is 66.9 Å². The number of aliphatic hydroxyl groups excluding tert-OH is 1. The number of methoxy groups -OCH3 is 1. The summed E-state index contributed by atoms with van der Waals surface area (Å²) in [6.07, 6.45) is 1.30. The fourth-order valence-corrected chi connectivity index (χ4v) is 4.90. The molecule has 1 aliphatic heterocycles. The molecule has 0 aliphatic carbocycles. The van der Waals surface area contributed by atoms with Gasteiger partial charge in [-0.2, -0.15) is 5.10 Å². The van der Waals surface area contributed by atoms with Crippen molar-refractivity contribution in [3.05, 3.63) is 90.0 Å². The maximum absolute atomic E-state index is 13.1. The summed E-state index contributed by atoms with van der Waals surface area (Å²) >= 11 is 0. The van der Waals surface area contributed by atoms with Crippen molar-refractivity contribution in [1.29, 1.82) is 0 Å². The number of aliphatic hydroxyl groups is 1. The molecule has 3 N–H and O–H groups in total. The number of para-hydroxylation sites is 2. The van der Waals surface area contributed by atoms with Gasteiger partial charge in [-0.3, -0.25) is 9.48 Å². The largest absolute Gasteiger partial charge is 0.497 e. The second kappa shape index (κ2) is 10.6. The molecule has 3 aromatic carbocycles. The molecule has 2 aromatic heterocycles. The van der Waals surface area contributed by atoms with Crippen molar-refractivity contribution in [3.8, 4) is 17.3 Å². The zero-order valence-corrected chi connectivity index (χ0v) is 21.7. The number of rotatable bonds is 7. The number of ether oxygens (including phenoxy) is 1. The van der Waals surface area contributed by atoms with Crippen molar-refractivity contribution in [1.82, 2.24) is 19.7 Å². The lowest BCUT2D eigenvalue weighted by Gasteiger charge is -2.31. The first-order valence-electron chi connectivity index (χ1n) is 13.1. The van der Waals surface area contributed by atoms with E-state index in [1.165, 1.54) is 0 Å². The molecule has 39 heavy (non-hydrogen) atoms. The predicted octanol–water partition coefficient (Wildman–Crippen LogP) is 4.70. The highest BCUT2D eigenvalue weighted by Crippen LogP contribution is 2.26. The Balaban J connectivity index is 1.25. The molecule has 6 rings (SSSR count). The van der Waals surface area contributed by atoms with Gasteiger partial charge in [0.05, 0.1) is 30.8 Å². The van der Waals surface area contributed by atoms with E-state index in [4.69, 9.17) is 14.8 Å². The van der Waals surface area contributed by atoms with Crippen LogP contribution in [0.2, 0.25) is 0 Å². The van der Waals surface area contributed by atoms with Crippen LogP contribution in [0.1, 0.15) is 28.8 Å². The minimum absolute atomic E-state index is 0.222. The highest BCUT2D eigenvalue weighted by Gasteiger charge is 2.19. The zero-order chi connectivity index (χ0) is 26.8. The van der Waals surface area contributed by atoms with Crippen molar-refractivity contribution in [2.45, 2.75) is 25.5 Å². The number of benzene rings is 3. The molecule has 3 heterocycles. The maximum Gasteiger partial charge on any atom is 0.256 e. The van der Waals surface area contributed by atoms with Gasteiger partial charge in [-0.25, -0.2) is 4.98 Å². The number of fused-ring (bicyclic) bond motifs is 1. The van der Waals surface area contributed by atoms with Crippen LogP contribution in [-0.2, 0) is 6.54 Å². The van der Waals surface area contributed by atoms with Crippen LogP contribution in [-0.4, -0.2) is 57.1 Å². The van der Waals surface area contributed by atoms with Gasteiger partial charge in [-0.1, -0.05) is 24.3 Å². The van der Waals surface area contributed by atoms with E-state index in [1.807, 2.05) is 83.5 Å². The molecule has 5 aromatic rings. The Kier molecular flexibility index (Phi) is 6.73. The number of nitrogens with zero attached hydrogens (tertiary/aromatic N) is 4. The molecule has 0 atom stereocenters. The van der Waals surface area contributed by atoms with Crippen molar-refractivity contribution in [3.63, 3.8) is 0 Å². The summed E-state index contributed by atoms with van der Waals surface area (Å²) in [7, 11) is 1.64. The van der Waals surface area contributed by atoms with Crippen LogP contribution in [0.4, 0.5) is 11.5 Å². The molecule has 9 nitrogen and oxygen atoms in total. The Hall–Kier alpha value is -4.63. The van der Waals surface area contributed by atoms with Crippen LogP contribution in [0.25, 0.3) is 22.6 Å². The SMILES string of the molecule is COc1ccc(Cn2nc(NC(=O)c3ccc(N4CCC(O)CC4)cc3)cc2-c2nc3ccccc3[nH]2)cc1. The van der Waals surface area contributed by atoms with E-state index >= 15 is 0 Å². The summed E-state index contributed by atoms with van der Waals surface area (Å²) in [5, 5.41) is 17.4. The first-order chi connectivity index (χ1) is 19.1. The topological polar surface area (TPSA) is 108 Å². The van der Waals surface area contributed by atoms with Crippen molar-refractivity contribution in [2.24, 2.45) is 0 Å². The van der Waals surface area contributed by atoms with E-state index in [1.54, 1.807) is 7.11 Å².